The highest BCUT2D eigenvalue weighted by Crippen LogP contribution is 2.38. The van der Waals surface area contributed by atoms with Crippen molar-refractivity contribution in [3.63, 3.8) is 0 Å². The molecular formula is C30H40ClNO3. The first-order chi connectivity index (χ1) is 17.0. The maximum atomic E-state index is 11.5. The Morgan fingerprint density at radius 1 is 1.06 bits per heavy atom. The molecule has 5 rings (SSSR count). The number of rotatable bonds is 8. The molecule has 3 aliphatic rings. The van der Waals surface area contributed by atoms with Crippen LogP contribution in [0.2, 0.25) is 5.02 Å². The number of fused-ring (bicyclic) bond motifs is 3. The molecule has 1 N–H and O–H groups in total. The van der Waals surface area contributed by atoms with Gasteiger partial charge < -0.3 is 9.84 Å². The fraction of sp³-hybridized carbons (Fsp3) is 0.633. The zero-order valence-electron chi connectivity index (χ0n) is 21.1. The van der Waals surface area contributed by atoms with Crippen molar-refractivity contribution in [3.05, 3.63) is 40.9 Å². The standard InChI is InChI=1S/C30H40ClNO3/c1-2-20-8-12-26(13-9-20)35-28-15-11-22-17-21(10-14-27(22)29(28)31)5-4-16-32-24-6-3-7-25(32)19-23(18-24)30(33)34/h10-11,14-15,17,20,23-26H,2-9,12-13,16,18-19H2,1H3,(H,33,34)/t20-,23?,24-,25?,26+/m1/s1. The van der Waals surface area contributed by atoms with Crippen LogP contribution in [0.4, 0.5) is 0 Å². The van der Waals surface area contributed by atoms with E-state index < -0.39 is 5.97 Å². The number of aryl methyl sites for hydroxylation is 1. The zero-order chi connectivity index (χ0) is 24.4. The van der Waals surface area contributed by atoms with E-state index in [1.807, 2.05) is 6.07 Å². The Kier molecular flexibility index (Phi) is 7.89. The number of halogens is 1. The number of carboxylic acids is 1. The molecule has 0 spiro atoms. The molecule has 0 aromatic heterocycles. The molecule has 3 fully saturated rings. The van der Waals surface area contributed by atoms with Gasteiger partial charge in [0.25, 0.3) is 0 Å². The first-order valence-electron chi connectivity index (χ1n) is 13.9. The molecule has 0 amide bonds. The van der Waals surface area contributed by atoms with Gasteiger partial charge in [-0.1, -0.05) is 55.6 Å². The fourth-order valence-electron chi connectivity index (χ4n) is 6.92. The highest BCUT2D eigenvalue weighted by Gasteiger charge is 2.40. The van der Waals surface area contributed by atoms with E-state index in [2.05, 4.69) is 36.1 Å². The number of nitrogens with zero attached hydrogens (tertiary/aromatic N) is 1. The molecule has 5 heteroatoms. The van der Waals surface area contributed by atoms with E-state index in [0.717, 1.165) is 80.0 Å². The lowest BCUT2D eigenvalue weighted by Gasteiger charge is -2.48. The van der Waals surface area contributed by atoms with Crippen LogP contribution in [0.5, 0.6) is 5.75 Å². The Morgan fingerprint density at radius 2 is 1.80 bits per heavy atom. The summed E-state index contributed by atoms with van der Waals surface area (Å²) in [5, 5.41) is 12.5. The van der Waals surface area contributed by atoms with Crippen molar-refractivity contribution in [2.45, 2.75) is 102 Å². The summed E-state index contributed by atoms with van der Waals surface area (Å²) < 4.78 is 6.33. The van der Waals surface area contributed by atoms with Gasteiger partial charge in [-0.2, -0.15) is 0 Å². The SMILES string of the molecule is CC[C@H]1CC[C@@H](Oc2ccc3cc(CCCN4C5CCC[C@@H]4CC(C(=O)O)C5)ccc3c2Cl)CC1. The van der Waals surface area contributed by atoms with Crippen LogP contribution in [0.25, 0.3) is 10.8 Å². The molecule has 2 saturated heterocycles. The predicted molar refractivity (Wildman–Crippen MR) is 142 cm³/mol. The van der Waals surface area contributed by atoms with Crippen LogP contribution in [0.3, 0.4) is 0 Å². The van der Waals surface area contributed by atoms with Crippen molar-refractivity contribution in [2.75, 3.05) is 6.54 Å². The lowest BCUT2D eigenvalue weighted by molar-refractivity contribution is -0.146. The molecule has 2 bridgehead atoms. The largest absolute Gasteiger partial charge is 0.489 e. The van der Waals surface area contributed by atoms with Crippen LogP contribution in [-0.2, 0) is 11.2 Å². The fourth-order valence-corrected chi connectivity index (χ4v) is 7.20. The Bertz CT molecular complexity index is 1020. The van der Waals surface area contributed by atoms with E-state index in [1.54, 1.807) is 0 Å². The summed E-state index contributed by atoms with van der Waals surface area (Å²) in [5.74, 6) is 0.931. The van der Waals surface area contributed by atoms with Gasteiger partial charge in [-0.15, -0.1) is 0 Å². The molecule has 190 valence electrons. The van der Waals surface area contributed by atoms with Gasteiger partial charge in [0.2, 0.25) is 0 Å². The lowest BCUT2D eigenvalue weighted by Crippen LogP contribution is -2.53. The highest BCUT2D eigenvalue weighted by molar-refractivity contribution is 6.37. The molecule has 2 unspecified atom stereocenters. The number of carboxylic acid groups (broad SMARTS) is 1. The van der Waals surface area contributed by atoms with Crippen molar-refractivity contribution < 1.29 is 14.6 Å². The second-order valence-electron chi connectivity index (χ2n) is 11.2. The summed E-state index contributed by atoms with van der Waals surface area (Å²) in [6, 6.07) is 11.7. The maximum absolute atomic E-state index is 11.5. The zero-order valence-corrected chi connectivity index (χ0v) is 21.8. The van der Waals surface area contributed by atoms with Crippen LogP contribution < -0.4 is 4.74 Å². The van der Waals surface area contributed by atoms with E-state index in [4.69, 9.17) is 16.3 Å². The van der Waals surface area contributed by atoms with E-state index in [9.17, 15) is 9.90 Å². The quantitative estimate of drug-likeness (QED) is 0.410. The van der Waals surface area contributed by atoms with Gasteiger partial charge in [-0.3, -0.25) is 9.69 Å². The molecule has 2 aromatic rings. The van der Waals surface area contributed by atoms with E-state index in [-0.39, 0.29) is 12.0 Å². The monoisotopic (exact) mass is 497 g/mol. The van der Waals surface area contributed by atoms with Gasteiger partial charge >= 0.3 is 5.97 Å². The summed E-state index contributed by atoms with van der Waals surface area (Å²) in [6.45, 7) is 3.35. The second kappa shape index (κ2) is 11.1. The highest BCUT2D eigenvalue weighted by atomic mass is 35.5. The van der Waals surface area contributed by atoms with Gasteiger partial charge in [-0.05, 0) is 93.7 Å². The summed E-state index contributed by atoms with van der Waals surface area (Å²) in [5.41, 5.74) is 1.34. The second-order valence-corrected chi connectivity index (χ2v) is 11.6. The maximum Gasteiger partial charge on any atom is 0.306 e. The summed E-state index contributed by atoms with van der Waals surface area (Å²) >= 11 is 6.79. The third kappa shape index (κ3) is 5.64. The van der Waals surface area contributed by atoms with Crippen molar-refractivity contribution in [1.29, 1.82) is 0 Å². The minimum Gasteiger partial charge on any atom is -0.489 e. The van der Waals surface area contributed by atoms with Gasteiger partial charge in [0.15, 0.2) is 0 Å². The predicted octanol–water partition coefficient (Wildman–Crippen LogP) is 7.49. The lowest BCUT2D eigenvalue weighted by atomic mass is 9.78. The Morgan fingerprint density at radius 3 is 2.49 bits per heavy atom. The molecule has 1 saturated carbocycles. The Hall–Kier alpha value is -1.78. The molecule has 35 heavy (non-hydrogen) atoms. The van der Waals surface area contributed by atoms with Gasteiger partial charge in [0.1, 0.15) is 5.75 Å². The van der Waals surface area contributed by atoms with E-state index in [1.165, 1.54) is 36.6 Å². The summed E-state index contributed by atoms with van der Waals surface area (Å²) in [7, 11) is 0. The van der Waals surface area contributed by atoms with E-state index in [0.29, 0.717) is 12.1 Å². The van der Waals surface area contributed by atoms with Gasteiger partial charge in [-0.25, -0.2) is 0 Å². The van der Waals surface area contributed by atoms with Crippen LogP contribution >= 0.6 is 11.6 Å². The molecule has 2 heterocycles. The molecule has 4 nitrogen and oxygen atoms in total. The van der Waals surface area contributed by atoms with Crippen LogP contribution in [0.1, 0.15) is 83.1 Å². The number of benzene rings is 2. The number of hydrogen-bond donors (Lipinski definition) is 1. The molecule has 2 aliphatic heterocycles. The average Bonchev–Trinajstić information content (AvgIpc) is 2.86. The van der Waals surface area contributed by atoms with Gasteiger partial charge in [0, 0.05) is 17.5 Å². The number of carbonyl (C=O) groups is 1. The molecule has 1 aliphatic carbocycles. The smallest absolute Gasteiger partial charge is 0.306 e. The molecule has 0 radical (unpaired) electrons. The minimum absolute atomic E-state index is 0.146. The van der Waals surface area contributed by atoms with Crippen LogP contribution in [-0.4, -0.2) is 40.7 Å². The molecule has 2 aromatic carbocycles. The number of hydrogen-bond acceptors (Lipinski definition) is 3. The number of aliphatic carboxylic acids is 1. The Balaban J connectivity index is 1.18. The van der Waals surface area contributed by atoms with Crippen molar-refractivity contribution in [1.82, 2.24) is 4.90 Å². The van der Waals surface area contributed by atoms with Crippen molar-refractivity contribution in [3.8, 4) is 5.75 Å². The van der Waals surface area contributed by atoms with E-state index >= 15 is 0 Å². The summed E-state index contributed by atoms with van der Waals surface area (Å²) in [6.07, 6.45) is 13.7. The molecule has 3 atom stereocenters. The first kappa shape index (κ1) is 24.9. The normalized spacial score (nSPS) is 29.3. The van der Waals surface area contributed by atoms with Crippen LogP contribution in [0, 0.1) is 11.8 Å². The molecular weight excluding hydrogens is 458 g/mol. The minimum atomic E-state index is -0.603. The Labute approximate surface area is 215 Å². The summed E-state index contributed by atoms with van der Waals surface area (Å²) in [4.78, 5) is 14.2. The average molecular weight is 498 g/mol. The first-order valence-corrected chi connectivity index (χ1v) is 14.3. The van der Waals surface area contributed by atoms with Crippen LogP contribution in [0.15, 0.2) is 30.3 Å². The number of piperidine rings is 2. The topological polar surface area (TPSA) is 49.8 Å². The third-order valence-corrected chi connectivity index (χ3v) is 9.39. The van der Waals surface area contributed by atoms with Gasteiger partial charge in [0.05, 0.1) is 17.0 Å². The van der Waals surface area contributed by atoms with Crippen molar-refractivity contribution in [2.24, 2.45) is 11.8 Å². The third-order valence-electron chi connectivity index (χ3n) is 9.00. The number of ether oxygens (including phenoxy) is 1. The van der Waals surface area contributed by atoms with Crippen molar-refractivity contribution >= 4 is 28.3 Å².